The average molecular weight is 263 g/mol. The van der Waals surface area contributed by atoms with E-state index in [4.69, 9.17) is 0 Å². The number of halogens is 2. The first-order chi connectivity index (χ1) is 3.39. The molecule has 44 valence electrons. The molecule has 0 amide bonds. The van der Waals surface area contributed by atoms with Crippen molar-refractivity contribution in [3.63, 3.8) is 0 Å². The Morgan fingerprint density at radius 3 is 2.33 bits per heavy atom. The van der Waals surface area contributed by atoms with E-state index >= 15 is 0 Å². The van der Waals surface area contributed by atoms with E-state index in [1.807, 2.05) is 24.3 Å². The Balaban J connectivity index is 0. The molecule has 0 heterocycles. The van der Waals surface area contributed by atoms with Gasteiger partial charge in [0.05, 0.1) is 0 Å². The summed E-state index contributed by atoms with van der Waals surface area (Å²) in [6.07, 6.45) is 0. The molecule has 1 aromatic carbocycles. The molecular weight excluding hydrogens is 259 g/mol. The van der Waals surface area contributed by atoms with Crippen LogP contribution in [0, 0.1) is 9.64 Å². The third-order valence-corrected chi connectivity index (χ3v) is 1.34. The number of benzene rings is 1. The quantitative estimate of drug-likeness (QED) is 0.310. The Hall–Kier alpha value is 1.01. The van der Waals surface area contributed by atoms with Gasteiger partial charge in [0.15, 0.2) is 0 Å². The van der Waals surface area contributed by atoms with Crippen molar-refractivity contribution in [2.45, 2.75) is 0 Å². The van der Waals surface area contributed by atoms with Gasteiger partial charge in [0.25, 0.3) is 0 Å². The second-order valence-corrected chi connectivity index (χ2v) is 2.47. The van der Waals surface area contributed by atoms with E-state index in [2.05, 4.69) is 28.7 Å². The van der Waals surface area contributed by atoms with Crippen molar-refractivity contribution in [1.29, 1.82) is 0 Å². The summed E-state index contributed by atoms with van der Waals surface area (Å²) in [6, 6.07) is 10.8. The van der Waals surface area contributed by atoms with Crippen molar-refractivity contribution in [1.82, 2.24) is 0 Å². The van der Waals surface area contributed by atoms with E-state index in [0.717, 1.165) is 0 Å². The molecule has 0 fully saturated rings. The van der Waals surface area contributed by atoms with Gasteiger partial charge in [-0.3, -0.25) is 0 Å². The van der Waals surface area contributed by atoms with Gasteiger partial charge in [0, 0.05) is 0 Å². The zero-order valence-corrected chi connectivity index (χ0v) is 9.10. The summed E-state index contributed by atoms with van der Waals surface area (Å²) in [5.74, 6) is 0. The van der Waals surface area contributed by atoms with Crippen LogP contribution in [0.3, 0.4) is 0 Å². The SMILES string of the molecule is Ic1c[c-]ccc1.[Cl-].[Mg+2]. The fourth-order valence-electron chi connectivity index (χ4n) is 0.371. The molecule has 0 saturated heterocycles. The van der Waals surface area contributed by atoms with E-state index in [9.17, 15) is 0 Å². The third kappa shape index (κ3) is 5.45. The maximum absolute atomic E-state index is 2.95. The van der Waals surface area contributed by atoms with Gasteiger partial charge in [-0.2, -0.15) is 30.3 Å². The van der Waals surface area contributed by atoms with E-state index in [0.29, 0.717) is 0 Å². The summed E-state index contributed by atoms with van der Waals surface area (Å²) >= 11 is 2.25. The van der Waals surface area contributed by atoms with Gasteiger partial charge in [0.2, 0.25) is 0 Å². The van der Waals surface area contributed by atoms with Crippen LogP contribution in [0.1, 0.15) is 0 Å². The van der Waals surface area contributed by atoms with Gasteiger partial charge in [0.1, 0.15) is 0 Å². The second kappa shape index (κ2) is 7.12. The molecule has 9 heavy (non-hydrogen) atoms. The van der Waals surface area contributed by atoms with Crippen molar-refractivity contribution in [2.24, 2.45) is 0 Å². The molecule has 0 N–H and O–H groups in total. The van der Waals surface area contributed by atoms with Crippen LogP contribution >= 0.6 is 22.6 Å². The van der Waals surface area contributed by atoms with Gasteiger partial charge >= 0.3 is 23.1 Å². The van der Waals surface area contributed by atoms with Crippen molar-refractivity contribution in [3.8, 4) is 0 Å². The first-order valence-electron chi connectivity index (χ1n) is 2.01. The Morgan fingerprint density at radius 2 is 2.11 bits per heavy atom. The zero-order chi connectivity index (χ0) is 5.11. The molecule has 0 aliphatic carbocycles. The molecule has 1 aromatic rings. The smallest absolute Gasteiger partial charge is 1.00 e. The third-order valence-electron chi connectivity index (χ3n) is 0.669. The van der Waals surface area contributed by atoms with E-state index < -0.39 is 0 Å². The molecule has 0 atom stereocenters. The van der Waals surface area contributed by atoms with Gasteiger partial charge in [-0.1, -0.05) is 3.57 Å². The monoisotopic (exact) mass is 262 g/mol. The van der Waals surface area contributed by atoms with Gasteiger partial charge in [-0.25, -0.2) is 0 Å². The molecule has 0 unspecified atom stereocenters. The Kier molecular flexibility index (Phi) is 10.0. The van der Waals surface area contributed by atoms with Crippen molar-refractivity contribution >= 4 is 45.6 Å². The van der Waals surface area contributed by atoms with Crippen LogP contribution in [0.4, 0.5) is 0 Å². The Morgan fingerprint density at radius 1 is 1.44 bits per heavy atom. The van der Waals surface area contributed by atoms with E-state index in [1.165, 1.54) is 3.57 Å². The summed E-state index contributed by atoms with van der Waals surface area (Å²) in [5.41, 5.74) is 0. The molecule has 0 aliphatic heterocycles. The largest absolute Gasteiger partial charge is 2.00 e. The summed E-state index contributed by atoms with van der Waals surface area (Å²) in [4.78, 5) is 0. The van der Waals surface area contributed by atoms with Gasteiger partial charge < -0.3 is 12.4 Å². The van der Waals surface area contributed by atoms with Crippen molar-refractivity contribution < 1.29 is 12.4 Å². The summed E-state index contributed by atoms with van der Waals surface area (Å²) in [7, 11) is 0. The predicted octanol–water partition coefficient (Wildman–Crippen LogP) is -1.29. The van der Waals surface area contributed by atoms with Crippen LogP contribution in [0.2, 0.25) is 0 Å². The minimum absolute atomic E-state index is 0. The van der Waals surface area contributed by atoms with E-state index in [-0.39, 0.29) is 35.5 Å². The maximum Gasteiger partial charge on any atom is 2.00 e. The summed E-state index contributed by atoms with van der Waals surface area (Å²) in [6.45, 7) is 0. The van der Waals surface area contributed by atoms with Crippen LogP contribution in [0.25, 0.3) is 0 Å². The van der Waals surface area contributed by atoms with Crippen molar-refractivity contribution in [3.05, 3.63) is 33.9 Å². The number of rotatable bonds is 0. The van der Waals surface area contributed by atoms with Crippen LogP contribution in [-0.2, 0) is 0 Å². The summed E-state index contributed by atoms with van der Waals surface area (Å²) in [5, 5.41) is 0. The van der Waals surface area contributed by atoms with Crippen LogP contribution in [-0.4, -0.2) is 23.1 Å². The number of hydrogen-bond acceptors (Lipinski definition) is 0. The van der Waals surface area contributed by atoms with E-state index in [1.54, 1.807) is 0 Å². The Labute approximate surface area is 91.1 Å². The molecule has 0 radical (unpaired) electrons. The van der Waals surface area contributed by atoms with Crippen LogP contribution < -0.4 is 12.4 Å². The summed E-state index contributed by atoms with van der Waals surface area (Å²) < 4.78 is 1.24. The fourth-order valence-corrected chi connectivity index (χ4v) is 0.759. The number of hydrogen-bond donors (Lipinski definition) is 0. The first kappa shape index (κ1) is 12.7. The molecule has 0 nitrogen and oxygen atoms in total. The molecule has 0 aromatic heterocycles. The minimum atomic E-state index is 0. The molecule has 0 spiro atoms. The van der Waals surface area contributed by atoms with Crippen LogP contribution in [0.15, 0.2) is 24.3 Å². The first-order valence-corrected chi connectivity index (χ1v) is 3.09. The van der Waals surface area contributed by atoms with Gasteiger partial charge in [-0.15, -0.1) is 22.6 Å². The molecule has 0 bridgehead atoms. The predicted molar refractivity (Wildman–Crippen MR) is 43.7 cm³/mol. The van der Waals surface area contributed by atoms with Crippen LogP contribution in [0.5, 0.6) is 0 Å². The minimum Gasteiger partial charge on any atom is -1.00 e. The second-order valence-electron chi connectivity index (χ2n) is 1.22. The standard InChI is InChI=1S/C6H4I.ClH.Mg/c7-6-4-2-1-3-5-6;;/h1-2,4-5H;1H;/q-1;;+2/p-1. The zero-order valence-electron chi connectivity index (χ0n) is 4.77. The molecule has 0 aliphatic rings. The average Bonchev–Trinajstić information content (AvgIpc) is 1.69. The molecule has 3 heteroatoms. The topological polar surface area (TPSA) is 0 Å². The maximum atomic E-state index is 2.95. The molecule has 0 saturated carbocycles. The van der Waals surface area contributed by atoms with Crippen molar-refractivity contribution in [2.75, 3.05) is 0 Å². The molecular formula is C6H4ClIMg. The Bertz CT molecular complexity index is 143. The fraction of sp³-hybridized carbons (Fsp3) is 0. The molecule has 1 rings (SSSR count). The normalized spacial score (nSPS) is 6.78. The van der Waals surface area contributed by atoms with Gasteiger partial charge in [-0.05, 0) is 0 Å².